The maximum Gasteiger partial charge on any atom is 0.160 e. The van der Waals surface area contributed by atoms with Gasteiger partial charge in [-0.05, 0) is 56.6 Å². The normalized spacial score (nSPS) is 15.1. The van der Waals surface area contributed by atoms with Gasteiger partial charge in [0.05, 0.1) is 11.2 Å². The zero-order chi connectivity index (χ0) is 31.9. The predicted molar refractivity (Wildman–Crippen MR) is 198 cm³/mol. The summed E-state index contributed by atoms with van der Waals surface area (Å²) in [7, 11) is 0. The lowest BCUT2D eigenvalue weighted by Crippen LogP contribution is -2.20. The van der Waals surface area contributed by atoms with Crippen LogP contribution in [0.1, 0.15) is 34.1 Å². The van der Waals surface area contributed by atoms with E-state index < -0.39 is 0 Å². The van der Waals surface area contributed by atoms with Crippen molar-refractivity contribution in [2.24, 2.45) is 0 Å². The van der Waals surface area contributed by atoms with Crippen LogP contribution < -0.4 is 0 Å². The Bertz CT molecular complexity index is 2410. The topological polar surface area (TPSA) is 25.8 Å². The van der Waals surface area contributed by atoms with Crippen molar-refractivity contribution in [3.63, 3.8) is 0 Å². The summed E-state index contributed by atoms with van der Waals surface area (Å²) in [6, 6.07) is 65.3. The van der Waals surface area contributed by atoms with Crippen molar-refractivity contribution in [2.75, 3.05) is 0 Å². The van der Waals surface area contributed by atoms with Crippen LogP contribution in [0.3, 0.4) is 0 Å². The molecule has 9 rings (SSSR count). The quantitative estimate of drug-likeness (QED) is 0.193. The number of rotatable bonds is 5. The fourth-order valence-electron chi connectivity index (χ4n) is 7.64. The SMILES string of the molecule is c1ccc(-c2nc(-c3cccc(-c4ccccc4C4c5ccccc5-c5ccccc5C4c4ccccc4)c3)nc3ccccc23)cc1. The Morgan fingerprint density at radius 3 is 1.60 bits per heavy atom. The van der Waals surface area contributed by atoms with Crippen LogP contribution >= 0.6 is 0 Å². The second kappa shape index (κ2) is 11.9. The summed E-state index contributed by atoms with van der Waals surface area (Å²) in [5, 5.41) is 1.05. The van der Waals surface area contributed by atoms with Crippen LogP contribution in [0.25, 0.3) is 55.8 Å². The summed E-state index contributed by atoms with van der Waals surface area (Å²) in [4.78, 5) is 10.3. The molecule has 226 valence electrons. The first kappa shape index (κ1) is 28.1. The van der Waals surface area contributed by atoms with E-state index in [9.17, 15) is 0 Å². The maximum atomic E-state index is 5.18. The molecule has 0 saturated heterocycles. The second-order valence-corrected chi connectivity index (χ2v) is 12.5. The average molecular weight is 613 g/mol. The molecule has 2 unspecified atom stereocenters. The molecule has 7 aromatic carbocycles. The number of para-hydroxylation sites is 1. The average Bonchev–Trinajstić information content (AvgIpc) is 3.17. The van der Waals surface area contributed by atoms with E-state index in [-0.39, 0.29) is 11.8 Å². The van der Waals surface area contributed by atoms with E-state index in [1.165, 1.54) is 38.9 Å². The van der Waals surface area contributed by atoms with E-state index in [1.54, 1.807) is 0 Å². The first-order chi connectivity index (χ1) is 23.8. The van der Waals surface area contributed by atoms with Crippen LogP contribution in [0, 0.1) is 0 Å². The van der Waals surface area contributed by atoms with Gasteiger partial charge in [-0.3, -0.25) is 0 Å². The van der Waals surface area contributed by atoms with E-state index in [0.29, 0.717) is 0 Å². The third kappa shape index (κ3) is 4.82. The fraction of sp³-hybridized carbons (Fsp3) is 0.0435. The van der Waals surface area contributed by atoms with Gasteiger partial charge in [0, 0.05) is 28.3 Å². The standard InChI is InChI=1S/C46H32N2/c1-3-16-31(17-4-1)43-39-26-11-8-23-36(39)37-24-9-12-27-40(37)44(43)38-25-10-7-22-35(38)33-20-15-21-34(30-33)46-47-42-29-14-13-28-41(42)45(48-46)32-18-5-2-6-19-32/h1-30,43-44H. The summed E-state index contributed by atoms with van der Waals surface area (Å²) in [6.07, 6.45) is 0. The number of fused-ring (bicyclic) bond motifs is 4. The van der Waals surface area contributed by atoms with Crippen molar-refractivity contribution in [1.29, 1.82) is 0 Å². The van der Waals surface area contributed by atoms with Crippen LogP contribution in [-0.4, -0.2) is 9.97 Å². The van der Waals surface area contributed by atoms with E-state index >= 15 is 0 Å². The molecule has 1 aliphatic rings. The summed E-state index contributed by atoms with van der Waals surface area (Å²) in [6.45, 7) is 0. The van der Waals surface area contributed by atoms with E-state index in [2.05, 4.69) is 170 Å². The minimum Gasteiger partial charge on any atom is -0.228 e. The Morgan fingerprint density at radius 1 is 0.354 bits per heavy atom. The van der Waals surface area contributed by atoms with Crippen molar-refractivity contribution in [1.82, 2.24) is 9.97 Å². The Morgan fingerprint density at radius 2 is 0.875 bits per heavy atom. The van der Waals surface area contributed by atoms with Gasteiger partial charge < -0.3 is 0 Å². The van der Waals surface area contributed by atoms with Crippen LogP contribution in [0.5, 0.6) is 0 Å². The molecule has 48 heavy (non-hydrogen) atoms. The van der Waals surface area contributed by atoms with Gasteiger partial charge in [-0.25, -0.2) is 9.97 Å². The molecule has 0 amide bonds. The molecular formula is C46H32N2. The molecule has 0 aliphatic heterocycles. The number of hydrogen-bond donors (Lipinski definition) is 0. The van der Waals surface area contributed by atoms with Crippen LogP contribution in [-0.2, 0) is 0 Å². The van der Waals surface area contributed by atoms with Crippen molar-refractivity contribution in [3.8, 4) is 44.9 Å². The number of nitrogens with zero attached hydrogens (tertiary/aromatic N) is 2. The molecule has 2 heteroatoms. The summed E-state index contributed by atoms with van der Waals surface area (Å²) < 4.78 is 0. The molecule has 0 radical (unpaired) electrons. The Balaban J connectivity index is 1.22. The van der Waals surface area contributed by atoms with Gasteiger partial charge in [0.25, 0.3) is 0 Å². The molecule has 1 aliphatic carbocycles. The highest BCUT2D eigenvalue weighted by atomic mass is 14.9. The predicted octanol–water partition coefficient (Wildman–Crippen LogP) is 11.6. The molecule has 8 aromatic rings. The van der Waals surface area contributed by atoms with Crippen molar-refractivity contribution in [3.05, 3.63) is 204 Å². The van der Waals surface area contributed by atoms with Crippen molar-refractivity contribution >= 4 is 10.9 Å². The van der Waals surface area contributed by atoms with E-state index in [0.717, 1.165) is 39.1 Å². The van der Waals surface area contributed by atoms with Gasteiger partial charge in [-0.15, -0.1) is 0 Å². The zero-order valence-corrected chi connectivity index (χ0v) is 26.4. The minimum atomic E-state index is 0.125. The van der Waals surface area contributed by atoms with Crippen LogP contribution in [0.4, 0.5) is 0 Å². The van der Waals surface area contributed by atoms with Crippen LogP contribution in [0.2, 0.25) is 0 Å². The molecule has 2 atom stereocenters. The molecule has 0 fully saturated rings. The third-order valence-electron chi connectivity index (χ3n) is 9.75. The molecule has 0 saturated carbocycles. The number of aromatic nitrogens is 2. The van der Waals surface area contributed by atoms with Gasteiger partial charge in [0.2, 0.25) is 0 Å². The van der Waals surface area contributed by atoms with Gasteiger partial charge >= 0.3 is 0 Å². The molecule has 1 heterocycles. The van der Waals surface area contributed by atoms with Crippen LogP contribution in [0.15, 0.2) is 182 Å². The maximum absolute atomic E-state index is 5.18. The molecule has 1 aromatic heterocycles. The van der Waals surface area contributed by atoms with Crippen molar-refractivity contribution in [2.45, 2.75) is 11.8 Å². The van der Waals surface area contributed by atoms with Gasteiger partial charge in [-0.2, -0.15) is 0 Å². The van der Waals surface area contributed by atoms with Gasteiger partial charge in [0.1, 0.15) is 0 Å². The van der Waals surface area contributed by atoms with Gasteiger partial charge in [-0.1, -0.05) is 170 Å². The lowest BCUT2D eigenvalue weighted by molar-refractivity contribution is 0.686. The molecule has 2 nitrogen and oxygen atoms in total. The third-order valence-corrected chi connectivity index (χ3v) is 9.75. The summed E-state index contributed by atoms with van der Waals surface area (Å²) >= 11 is 0. The highest BCUT2D eigenvalue weighted by Crippen LogP contribution is 2.54. The lowest BCUT2D eigenvalue weighted by Gasteiger charge is -2.37. The van der Waals surface area contributed by atoms with E-state index in [4.69, 9.17) is 9.97 Å². The smallest absolute Gasteiger partial charge is 0.160 e. The zero-order valence-electron chi connectivity index (χ0n) is 26.4. The fourth-order valence-corrected chi connectivity index (χ4v) is 7.64. The number of benzene rings is 7. The highest BCUT2D eigenvalue weighted by Gasteiger charge is 2.36. The molecule has 0 N–H and O–H groups in total. The number of hydrogen-bond acceptors (Lipinski definition) is 2. The van der Waals surface area contributed by atoms with Crippen molar-refractivity contribution < 1.29 is 0 Å². The first-order valence-electron chi connectivity index (χ1n) is 16.6. The Kier molecular flexibility index (Phi) is 6.98. The largest absolute Gasteiger partial charge is 0.228 e. The molecular weight excluding hydrogens is 581 g/mol. The van der Waals surface area contributed by atoms with E-state index in [1.807, 2.05) is 12.1 Å². The molecule has 0 spiro atoms. The minimum absolute atomic E-state index is 0.125. The Labute approximate surface area is 281 Å². The molecule has 0 bridgehead atoms. The second-order valence-electron chi connectivity index (χ2n) is 12.5. The summed E-state index contributed by atoms with van der Waals surface area (Å²) in [5.74, 6) is 1.02. The summed E-state index contributed by atoms with van der Waals surface area (Å²) in [5.41, 5.74) is 14.4. The Hall–Kier alpha value is -6.12. The van der Waals surface area contributed by atoms with Gasteiger partial charge in [0.15, 0.2) is 5.82 Å². The first-order valence-corrected chi connectivity index (χ1v) is 16.6. The highest BCUT2D eigenvalue weighted by molar-refractivity contribution is 5.93. The lowest BCUT2D eigenvalue weighted by atomic mass is 9.65. The monoisotopic (exact) mass is 612 g/mol.